The molecule has 0 bridgehead atoms. The number of halogens is 3. The van der Waals surface area contributed by atoms with Crippen molar-refractivity contribution in [1.29, 1.82) is 0 Å². The number of ether oxygens (including phenoxy) is 1. The maximum atomic E-state index is 6.26. The molecule has 0 saturated carbocycles. The molecule has 0 fully saturated rings. The van der Waals surface area contributed by atoms with Crippen molar-refractivity contribution < 1.29 is 4.74 Å². The Hall–Kier alpha value is -0.510. The predicted octanol–water partition coefficient (Wildman–Crippen LogP) is 5.85. The summed E-state index contributed by atoms with van der Waals surface area (Å²) in [6, 6.07) is 12.1. The molecular formula is C15H13Br2ClO. The van der Waals surface area contributed by atoms with Crippen molar-refractivity contribution in [2.24, 2.45) is 0 Å². The van der Waals surface area contributed by atoms with E-state index >= 15 is 0 Å². The van der Waals surface area contributed by atoms with E-state index < -0.39 is 0 Å². The van der Waals surface area contributed by atoms with Gasteiger partial charge in [0, 0.05) is 14.0 Å². The molecule has 0 atom stereocenters. The largest absolute Gasteiger partial charge is 0.494 e. The summed E-state index contributed by atoms with van der Waals surface area (Å²) in [6.07, 6.45) is 0.803. The first-order chi connectivity index (χ1) is 9.10. The van der Waals surface area contributed by atoms with Crippen molar-refractivity contribution in [1.82, 2.24) is 0 Å². The molecule has 1 nitrogen and oxygen atoms in total. The summed E-state index contributed by atoms with van der Waals surface area (Å²) >= 11 is 13.2. The fraction of sp³-hybridized carbons (Fsp3) is 0.200. The SMILES string of the molecule is CCOc1ccc(Cc2cc(Br)c(Br)cc2Cl)cc1. The lowest BCUT2D eigenvalue weighted by atomic mass is 10.1. The molecule has 4 heteroatoms. The second kappa shape index (κ2) is 6.78. The van der Waals surface area contributed by atoms with E-state index in [1.54, 1.807) is 0 Å². The summed E-state index contributed by atoms with van der Waals surface area (Å²) in [7, 11) is 0. The molecule has 2 rings (SSSR count). The molecule has 0 N–H and O–H groups in total. The van der Waals surface area contributed by atoms with Gasteiger partial charge in [0.25, 0.3) is 0 Å². The molecule has 0 aliphatic carbocycles. The van der Waals surface area contributed by atoms with Crippen LogP contribution in [0.4, 0.5) is 0 Å². The third-order valence-corrected chi connectivity index (χ3v) is 4.91. The molecule has 100 valence electrons. The average Bonchev–Trinajstić information content (AvgIpc) is 2.38. The van der Waals surface area contributed by atoms with E-state index in [9.17, 15) is 0 Å². The van der Waals surface area contributed by atoms with Crippen molar-refractivity contribution in [3.63, 3.8) is 0 Å². The summed E-state index contributed by atoms with van der Waals surface area (Å²) in [5.74, 6) is 0.898. The van der Waals surface area contributed by atoms with Crippen LogP contribution in [0.25, 0.3) is 0 Å². The van der Waals surface area contributed by atoms with Crippen molar-refractivity contribution in [2.45, 2.75) is 13.3 Å². The van der Waals surface area contributed by atoms with E-state index in [1.165, 1.54) is 5.56 Å². The molecule has 2 aromatic rings. The zero-order chi connectivity index (χ0) is 13.8. The van der Waals surface area contributed by atoms with Crippen LogP contribution in [0, 0.1) is 0 Å². The number of benzene rings is 2. The molecule has 0 aromatic heterocycles. The van der Waals surface area contributed by atoms with Crippen molar-refractivity contribution in [3.8, 4) is 5.75 Å². The first kappa shape index (κ1) is 14.9. The highest BCUT2D eigenvalue weighted by Crippen LogP contribution is 2.31. The van der Waals surface area contributed by atoms with Gasteiger partial charge >= 0.3 is 0 Å². The van der Waals surface area contributed by atoms with Crippen molar-refractivity contribution in [2.75, 3.05) is 6.61 Å². The Labute approximate surface area is 135 Å². The first-order valence-electron chi connectivity index (χ1n) is 5.95. The first-order valence-corrected chi connectivity index (χ1v) is 7.91. The van der Waals surface area contributed by atoms with Crippen LogP contribution in [0.1, 0.15) is 18.1 Å². The lowest BCUT2D eigenvalue weighted by molar-refractivity contribution is 0.340. The van der Waals surface area contributed by atoms with Crippen LogP contribution in [0.15, 0.2) is 45.3 Å². The summed E-state index contributed by atoms with van der Waals surface area (Å²) in [4.78, 5) is 0. The van der Waals surface area contributed by atoms with Crippen LogP contribution in [0.3, 0.4) is 0 Å². The number of hydrogen-bond donors (Lipinski definition) is 0. The van der Waals surface area contributed by atoms with Crippen molar-refractivity contribution in [3.05, 3.63) is 61.5 Å². The Morgan fingerprint density at radius 3 is 2.32 bits per heavy atom. The lowest BCUT2D eigenvalue weighted by Crippen LogP contribution is -1.93. The molecule has 19 heavy (non-hydrogen) atoms. The van der Waals surface area contributed by atoms with Gasteiger partial charge in [0.2, 0.25) is 0 Å². The molecule has 0 saturated heterocycles. The molecule has 0 aliphatic rings. The molecule has 0 spiro atoms. The van der Waals surface area contributed by atoms with Crippen molar-refractivity contribution >= 4 is 43.5 Å². The van der Waals surface area contributed by atoms with E-state index in [-0.39, 0.29) is 0 Å². The van der Waals surface area contributed by atoms with Gasteiger partial charge in [-0.05, 0) is 80.6 Å². The van der Waals surface area contributed by atoms with Gasteiger partial charge in [0.15, 0.2) is 0 Å². The Bertz CT molecular complexity index is 567. The molecule has 0 heterocycles. The minimum Gasteiger partial charge on any atom is -0.494 e. The van der Waals surface area contributed by atoms with Crippen LogP contribution in [-0.2, 0) is 6.42 Å². The molecule has 0 amide bonds. The smallest absolute Gasteiger partial charge is 0.119 e. The van der Waals surface area contributed by atoms with Gasteiger partial charge < -0.3 is 4.74 Å². The van der Waals surface area contributed by atoms with Crippen LogP contribution in [0.2, 0.25) is 5.02 Å². The minimum absolute atomic E-state index is 0.685. The summed E-state index contributed by atoms with van der Waals surface area (Å²) in [6.45, 7) is 2.66. The fourth-order valence-electron chi connectivity index (χ4n) is 1.79. The Morgan fingerprint density at radius 1 is 1.05 bits per heavy atom. The standard InChI is InChI=1S/C15H13Br2ClO/c1-2-19-12-5-3-10(4-6-12)7-11-8-13(16)14(17)9-15(11)18/h3-6,8-9H,2,7H2,1H3. The molecule has 2 aromatic carbocycles. The van der Waals surface area contributed by atoms with Gasteiger partial charge in [0.1, 0.15) is 5.75 Å². The zero-order valence-corrected chi connectivity index (χ0v) is 14.3. The summed E-state index contributed by atoms with van der Waals surface area (Å²) in [5, 5.41) is 0.768. The summed E-state index contributed by atoms with van der Waals surface area (Å²) in [5.41, 5.74) is 2.31. The third kappa shape index (κ3) is 3.98. The normalized spacial score (nSPS) is 10.5. The second-order valence-corrected chi connectivity index (χ2v) is 6.23. The highest BCUT2D eigenvalue weighted by Gasteiger charge is 2.06. The fourth-order valence-corrected chi connectivity index (χ4v) is 2.89. The van der Waals surface area contributed by atoms with E-state index in [0.29, 0.717) is 6.61 Å². The average molecular weight is 405 g/mol. The second-order valence-electron chi connectivity index (χ2n) is 4.11. The maximum Gasteiger partial charge on any atom is 0.119 e. The van der Waals surface area contributed by atoms with Gasteiger partial charge in [-0.3, -0.25) is 0 Å². The van der Waals surface area contributed by atoms with E-state index in [1.807, 2.05) is 31.2 Å². The number of hydrogen-bond acceptors (Lipinski definition) is 1. The monoisotopic (exact) mass is 402 g/mol. The zero-order valence-electron chi connectivity index (χ0n) is 10.4. The third-order valence-electron chi connectivity index (χ3n) is 2.72. The van der Waals surface area contributed by atoms with Crippen LogP contribution in [-0.4, -0.2) is 6.61 Å². The maximum absolute atomic E-state index is 6.26. The Morgan fingerprint density at radius 2 is 1.68 bits per heavy atom. The van der Waals surface area contributed by atoms with Crippen LogP contribution >= 0.6 is 43.5 Å². The Kier molecular flexibility index (Phi) is 5.31. The number of rotatable bonds is 4. The van der Waals surface area contributed by atoms with Gasteiger partial charge in [-0.15, -0.1) is 0 Å². The minimum atomic E-state index is 0.685. The van der Waals surface area contributed by atoms with Gasteiger partial charge in [0.05, 0.1) is 6.61 Å². The lowest BCUT2D eigenvalue weighted by Gasteiger charge is -2.08. The molecule has 0 unspecified atom stereocenters. The topological polar surface area (TPSA) is 9.23 Å². The highest BCUT2D eigenvalue weighted by atomic mass is 79.9. The van der Waals surface area contributed by atoms with Crippen LogP contribution in [0.5, 0.6) is 5.75 Å². The molecular weight excluding hydrogens is 391 g/mol. The predicted molar refractivity (Wildman–Crippen MR) is 87.3 cm³/mol. The molecule has 0 aliphatic heterocycles. The van der Waals surface area contributed by atoms with Crippen LogP contribution < -0.4 is 4.74 Å². The van der Waals surface area contributed by atoms with E-state index in [2.05, 4.69) is 44.0 Å². The van der Waals surface area contributed by atoms with Gasteiger partial charge in [-0.25, -0.2) is 0 Å². The van der Waals surface area contributed by atoms with Gasteiger partial charge in [-0.2, -0.15) is 0 Å². The summed E-state index contributed by atoms with van der Waals surface area (Å²) < 4.78 is 7.41. The van der Waals surface area contributed by atoms with E-state index in [4.69, 9.17) is 16.3 Å². The quantitative estimate of drug-likeness (QED) is 0.581. The highest BCUT2D eigenvalue weighted by molar-refractivity contribution is 9.13. The molecule has 0 radical (unpaired) electrons. The Balaban J connectivity index is 2.19. The van der Waals surface area contributed by atoms with Gasteiger partial charge in [-0.1, -0.05) is 23.7 Å². The van der Waals surface area contributed by atoms with E-state index in [0.717, 1.165) is 31.7 Å².